The lowest BCUT2D eigenvalue weighted by Gasteiger charge is -2.06. The Morgan fingerprint density at radius 2 is 2.33 bits per heavy atom. The van der Waals surface area contributed by atoms with Crippen LogP contribution in [0.1, 0.15) is 6.42 Å². The highest BCUT2D eigenvalue weighted by molar-refractivity contribution is 5.85. The summed E-state index contributed by atoms with van der Waals surface area (Å²) in [5, 5.41) is 0. The minimum atomic E-state index is 0. The molecule has 2 N–H and O–H groups in total. The van der Waals surface area contributed by atoms with Crippen LogP contribution in [0.5, 0.6) is 0 Å². The van der Waals surface area contributed by atoms with Crippen LogP contribution in [0.3, 0.4) is 0 Å². The molecule has 1 aliphatic rings. The molecule has 0 aromatic rings. The van der Waals surface area contributed by atoms with Crippen LogP contribution in [-0.2, 0) is 4.74 Å². The van der Waals surface area contributed by atoms with E-state index >= 15 is 0 Å². The van der Waals surface area contributed by atoms with E-state index in [1.807, 2.05) is 0 Å². The maximum absolute atomic E-state index is 5.59. The second-order valence-corrected chi connectivity index (χ2v) is 2.02. The van der Waals surface area contributed by atoms with Gasteiger partial charge in [0.25, 0.3) is 0 Å². The first-order chi connectivity index (χ1) is 3.84. The number of rotatable bonds is 1. The fourth-order valence-electron chi connectivity index (χ4n) is 0.871. The first-order valence-corrected chi connectivity index (χ1v) is 2.84. The summed E-state index contributed by atoms with van der Waals surface area (Å²) in [6.45, 7) is 4.38. The Morgan fingerprint density at radius 1 is 1.67 bits per heavy atom. The van der Waals surface area contributed by atoms with Crippen molar-refractivity contribution in [3.8, 4) is 0 Å². The predicted octanol–water partition coefficient (Wildman–Crippen LogP) is 0.710. The largest absolute Gasteiger partial charge is 0.372 e. The fourth-order valence-corrected chi connectivity index (χ4v) is 0.871. The van der Waals surface area contributed by atoms with Gasteiger partial charge in [0, 0.05) is 12.6 Å². The van der Waals surface area contributed by atoms with Gasteiger partial charge >= 0.3 is 0 Å². The molecular weight excluding hydrogens is 138 g/mol. The fraction of sp³-hybridized carbons (Fsp3) is 0.667. The standard InChI is InChI=1S/C6H11NO.ClH/c1-2-6-5(7)3-4-8-6;/h2,5-6H,1,3-4,7H2;1H. The highest BCUT2D eigenvalue weighted by Gasteiger charge is 2.20. The average molecular weight is 150 g/mol. The molecule has 0 aliphatic carbocycles. The second kappa shape index (κ2) is 3.88. The normalized spacial score (nSPS) is 33.4. The van der Waals surface area contributed by atoms with Crippen LogP contribution >= 0.6 is 12.4 Å². The third-order valence-electron chi connectivity index (χ3n) is 1.42. The summed E-state index contributed by atoms with van der Waals surface area (Å²) in [6.07, 6.45) is 2.84. The molecule has 0 saturated carbocycles. The van der Waals surface area contributed by atoms with Crippen molar-refractivity contribution in [3.63, 3.8) is 0 Å². The van der Waals surface area contributed by atoms with Crippen molar-refractivity contribution in [3.05, 3.63) is 12.7 Å². The van der Waals surface area contributed by atoms with Gasteiger partial charge < -0.3 is 10.5 Å². The Bertz CT molecular complexity index is 97.1. The lowest BCUT2D eigenvalue weighted by Crippen LogP contribution is -2.27. The van der Waals surface area contributed by atoms with E-state index in [4.69, 9.17) is 10.5 Å². The molecule has 2 unspecified atom stereocenters. The van der Waals surface area contributed by atoms with Crippen LogP contribution in [0.4, 0.5) is 0 Å². The molecule has 0 bridgehead atoms. The van der Waals surface area contributed by atoms with Gasteiger partial charge in [-0.3, -0.25) is 0 Å². The van der Waals surface area contributed by atoms with E-state index in [1.165, 1.54) is 0 Å². The first kappa shape index (κ1) is 8.95. The molecule has 0 spiro atoms. The molecule has 0 radical (unpaired) electrons. The quantitative estimate of drug-likeness (QED) is 0.558. The highest BCUT2D eigenvalue weighted by atomic mass is 35.5. The van der Waals surface area contributed by atoms with E-state index in [-0.39, 0.29) is 24.6 Å². The average Bonchev–Trinajstić information content (AvgIpc) is 2.14. The molecule has 1 fully saturated rings. The summed E-state index contributed by atoms with van der Waals surface area (Å²) in [5.74, 6) is 0. The van der Waals surface area contributed by atoms with Crippen LogP contribution < -0.4 is 5.73 Å². The zero-order valence-electron chi connectivity index (χ0n) is 5.25. The van der Waals surface area contributed by atoms with Gasteiger partial charge in [0.05, 0.1) is 6.10 Å². The van der Waals surface area contributed by atoms with Gasteiger partial charge in [-0.05, 0) is 6.42 Å². The monoisotopic (exact) mass is 149 g/mol. The van der Waals surface area contributed by atoms with E-state index in [2.05, 4.69) is 6.58 Å². The molecule has 2 nitrogen and oxygen atoms in total. The molecule has 54 valence electrons. The van der Waals surface area contributed by atoms with Crippen molar-refractivity contribution in [2.45, 2.75) is 18.6 Å². The molecular formula is C6H12ClNO. The maximum atomic E-state index is 5.59. The van der Waals surface area contributed by atoms with Crippen molar-refractivity contribution in [2.24, 2.45) is 5.73 Å². The first-order valence-electron chi connectivity index (χ1n) is 2.84. The van der Waals surface area contributed by atoms with Gasteiger partial charge in [-0.25, -0.2) is 0 Å². The van der Waals surface area contributed by atoms with Crippen LogP contribution in [-0.4, -0.2) is 18.8 Å². The molecule has 0 aromatic carbocycles. The Kier molecular flexibility index (Phi) is 3.86. The van der Waals surface area contributed by atoms with Gasteiger partial charge in [-0.1, -0.05) is 6.08 Å². The highest BCUT2D eigenvalue weighted by Crippen LogP contribution is 2.10. The van der Waals surface area contributed by atoms with E-state index in [1.54, 1.807) is 6.08 Å². The van der Waals surface area contributed by atoms with Crippen LogP contribution in [0.15, 0.2) is 12.7 Å². The molecule has 1 saturated heterocycles. The van der Waals surface area contributed by atoms with Crippen molar-refractivity contribution in [2.75, 3.05) is 6.61 Å². The molecule has 3 heteroatoms. The number of hydrogen-bond acceptors (Lipinski definition) is 2. The number of halogens is 1. The topological polar surface area (TPSA) is 35.2 Å². The van der Waals surface area contributed by atoms with Crippen molar-refractivity contribution < 1.29 is 4.74 Å². The van der Waals surface area contributed by atoms with Crippen LogP contribution in [0.2, 0.25) is 0 Å². The molecule has 2 atom stereocenters. The van der Waals surface area contributed by atoms with Crippen molar-refractivity contribution in [1.82, 2.24) is 0 Å². The van der Waals surface area contributed by atoms with E-state index < -0.39 is 0 Å². The Labute approximate surface area is 61.5 Å². The summed E-state index contributed by atoms with van der Waals surface area (Å²) in [5.41, 5.74) is 5.59. The number of nitrogens with two attached hydrogens (primary N) is 1. The minimum Gasteiger partial charge on any atom is -0.372 e. The Morgan fingerprint density at radius 3 is 2.56 bits per heavy atom. The molecule has 0 aromatic heterocycles. The third kappa shape index (κ3) is 1.97. The summed E-state index contributed by atoms with van der Waals surface area (Å²) < 4.78 is 5.17. The lowest BCUT2D eigenvalue weighted by atomic mass is 10.1. The molecule has 9 heavy (non-hydrogen) atoms. The van der Waals surface area contributed by atoms with Gasteiger partial charge in [-0.15, -0.1) is 19.0 Å². The van der Waals surface area contributed by atoms with E-state index in [0.717, 1.165) is 13.0 Å². The molecule has 0 amide bonds. The Balaban J connectivity index is 0.000000640. The summed E-state index contributed by atoms with van der Waals surface area (Å²) in [7, 11) is 0. The van der Waals surface area contributed by atoms with E-state index in [9.17, 15) is 0 Å². The molecule has 1 rings (SSSR count). The van der Waals surface area contributed by atoms with Gasteiger partial charge in [-0.2, -0.15) is 0 Å². The predicted molar refractivity (Wildman–Crippen MR) is 39.8 cm³/mol. The number of ether oxygens (including phenoxy) is 1. The van der Waals surface area contributed by atoms with Crippen LogP contribution in [0.25, 0.3) is 0 Å². The van der Waals surface area contributed by atoms with Crippen LogP contribution in [0, 0.1) is 0 Å². The smallest absolute Gasteiger partial charge is 0.0904 e. The van der Waals surface area contributed by atoms with Gasteiger partial charge in [0.15, 0.2) is 0 Å². The Hall–Kier alpha value is -0.0500. The third-order valence-corrected chi connectivity index (χ3v) is 1.42. The summed E-state index contributed by atoms with van der Waals surface area (Å²) in [6, 6.07) is 0.187. The van der Waals surface area contributed by atoms with E-state index in [0.29, 0.717) is 0 Å². The van der Waals surface area contributed by atoms with Gasteiger partial charge in [0.1, 0.15) is 0 Å². The SMILES string of the molecule is C=CC1OCCC1N.Cl. The summed E-state index contributed by atoms with van der Waals surface area (Å²) >= 11 is 0. The second-order valence-electron chi connectivity index (χ2n) is 2.02. The number of hydrogen-bond donors (Lipinski definition) is 1. The zero-order valence-corrected chi connectivity index (χ0v) is 6.06. The lowest BCUT2D eigenvalue weighted by molar-refractivity contribution is 0.140. The minimum absolute atomic E-state index is 0. The van der Waals surface area contributed by atoms with Gasteiger partial charge in [0.2, 0.25) is 0 Å². The maximum Gasteiger partial charge on any atom is 0.0904 e. The molecule has 1 heterocycles. The van der Waals surface area contributed by atoms with Crippen molar-refractivity contribution in [1.29, 1.82) is 0 Å². The zero-order chi connectivity index (χ0) is 5.98. The molecule has 1 aliphatic heterocycles. The van der Waals surface area contributed by atoms with Crippen molar-refractivity contribution >= 4 is 12.4 Å². The summed E-state index contributed by atoms with van der Waals surface area (Å²) in [4.78, 5) is 0.